The van der Waals surface area contributed by atoms with E-state index >= 15 is 0 Å². The lowest BCUT2D eigenvalue weighted by Crippen LogP contribution is -2.35. The fourth-order valence-electron chi connectivity index (χ4n) is 4.24. The number of imidazole rings is 1. The average Bonchev–Trinajstić information content (AvgIpc) is 3.43. The molecular weight excluding hydrogens is 462 g/mol. The molecule has 0 saturated carbocycles. The highest BCUT2D eigenvalue weighted by Crippen LogP contribution is 2.37. The van der Waals surface area contributed by atoms with Gasteiger partial charge in [-0.25, -0.2) is 4.98 Å². The monoisotopic (exact) mass is 491 g/mol. The number of para-hydroxylation sites is 1. The van der Waals surface area contributed by atoms with E-state index in [9.17, 15) is 14.9 Å². The van der Waals surface area contributed by atoms with Crippen LogP contribution < -0.4 is 10.1 Å². The molecule has 2 aromatic heterocycles. The molecule has 0 bridgehead atoms. The fraction of sp³-hybridized carbons (Fsp3) is 0.385. The van der Waals surface area contributed by atoms with Crippen LogP contribution in [0.4, 0.5) is 5.00 Å². The number of aryl methyl sites for hydroxylation is 3. The summed E-state index contributed by atoms with van der Waals surface area (Å²) in [6.45, 7) is 6.05. The van der Waals surface area contributed by atoms with Crippen LogP contribution in [-0.2, 0) is 35.5 Å². The topological polar surface area (TPSA) is 100 Å². The molecule has 2 amide bonds. The van der Waals surface area contributed by atoms with Gasteiger partial charge in [-0.3, -0.25) is 9.59 Å². The third-order valence-electron chi connectivity index (χ3n) is 6.01. The second kappa shape index (κ2) is 11.2. The van der Waals surface area contributed by atoms with Crippen LogP contribution in [0, 0.1) is 18.3 Å². The van der Waals surface area contributed by atoms with Gasteiger partial charge in [0.1, 0.15) is 16.8 Å². The Hall–Kier alpha value is -3.64. The molecule has 1 aromatic carbocycles. The fourth-order valence-corrected chi connectivity index (χ4v) is 5.47. The maximum atomic E-state index is 12.8. The Morgan fingerprint density at radius 1 is 1.29 bits per heavy atom. The van der Waals surface area contributed by atoms with Gasteiger partial charge in [0.2, 0.25) is 11.8 Å². The lowest BCUT2D eigenvalue weighted by Gasteiger charge is -2.27. The van der Waals surface area contributed by atoms with Gasteiger partial charge in [0.05, 0.1) is 30.7 Å². The van der Waals surface area contributed by atoms with E-state index in [-0.39, 0.29) is 18.2 Å². The van der Waals surface area contributed by atoms with E-state index in [1.54, 1.807) is 6.33 Å². The number of rotatable bonds is 9. The van der Waals surface area contributed by atoms with Gasteiger partial charge >= 0.3 is 0 Å². The number of thiophene rings is 1. The molecule has 0 spiro atoms. The summed E-state index contributed by atoms with van der Waals surface area (Å²) in [6, 6.07) is 9.97. The number of amides is 2. The molecule has 0 unspecified atom stereocenters. The molecule has 0 radical (unpaired) electrons. The lowest BCUT2D eigenvalue weighted by molar-refractivity contribution is -0.132. The number of hydrogen-bond donors (Lipinski definition) is 1. The van der Waals surface area contributed by atoms with Crippen LogP contribution in [-0.4, -0.2) is 39.4 Å². The van der Waals surface area contributed by atoms with Crippen molar-refractivity contribution in [1.82, 2.24) is 14.5 Å². The second-order valence-corrected chi connectivity index (χ2v) is 9.58. The number of nitrogens with one attached hydrogen (secondary N) is 1. The first-order chi connectivity index (χ1) is 17.0. The van der Waals surface area contributed by atoms with Crippen LogP contribution in [0.2, 0.25) is 0 Å². The molecule has 1 N–H and O–H groups in total. The molecule has 0 atom stereocenters. The van der Waals surface area contributed by atoms with E-state index in [0.29, 0.717) is 56.1 Å². The Morgan fingerprint density at radius 2 is 2.11 bits per heavy atom. The number of nitrogens with zero attached hydrogens (tertiary/aromatic N) is 4. The Morgan fingerprint density at radius 3 is 2.86 bits per heavy atom. The van der Waals surface area contributed by atoms with Crippen molar-refractivity contribution in [1.29, 1.82) is 5.26 Å². The van der Waals surface area contributed by atoms with Gasteiger partial charge in [0.15, 0.2) is 0 Å². The van der Waals surface area contributed by atoms with Crippen molar-refractivity contribution in [3.05, 3.63) is 64.1 Å². The van der Waals surface area contributed by atoms with E-state index < -0.39 is 0 Å². The maximum absolute atomic E-state index is 12.8. The van der Waals surface area contributed by atoms with Crippen LogP contribution in [0.5, 0.6) is 5.75 Å². The molecule has 0 aliphatic carbocycles. The normalized spacial score (nSPS) is 12.7. The lowest BCUT2D eigenvalue weighted by atomic mass is 10.0. The zero-order valence-corrected chi connectivity index (χ0v) is 20.9. The molecule has 0 fully saturated rings. The van der Waals surface area contributed by atoms with Gasteiger partial charge < -0.3 is 19.5 Å². The van der Waals surface area contributed by atoms with Gasteiger partial charge in [-0.15, -0.1) is 11.3 Å². The minimum absolute atomic E-state index is 0.0764. The minimum atomic E-state index is -0.144. The van der Waals surface area contributed by atoms with Crippen LogP contribution in [0.15, 0.2) is 36.8 Å². The highest BCUT2D eigenvalue weighted by atomic mass is 32.1. The average molecular weight is 492 g/mol. The third kappa shape index (κ3) is 5.89. The van der Waals surface area contributed by atoms with Crippen LogP contribution in [0.1, 0.15) is 47.0 Å². The van der Waals surface area contributed by atoms with Gasteiger partial charge in [-0.05, 0) is 43.9 Å². The van der Waals surface area contributed by atoms with Crippen LogP contribution in [0.25, 0.3) is 0 Å². The summed E-state index contributed by atoms with van der Waals surface area (Å²) in [5, 5.41) is 13.3. The summed E-state index contributed by atoms with van der Waals surface area (Å²) in [5.41, 5.74) is 3.38. The molecular formula is C26H29N5O3S. The molecule has 3 heterocycles. The zero-order chi connectivity index (χ0) is 24.8. The number of ether oxygens (including phenoxy) is 1. The van der Waals surface area contributed by atoms with Gasteiger partial charge in [-0.2, -0.15) is 5.26 Å². The van der Waals surface area contributed by atoms with E-state index in [1.165, 1.54) is 11.3 Å². The van der Waals surface area contributed by atoms with Crippen LogP contribution >= 0.6 is 11.3 Å². The van der Waals surface area contributed by atoms with Crippen molar-refractivity contribution in [2.24, 2.45) is 0 Å². The van der Waals surface area contributed by atoms with E-state index in [0.717, 1.165) is 27.4 Å². The molecule has 182 valence electrons. The quantitative estimate of drug-likeness (QED) is 0.486. The molecule has 35 heavy (non-hydrogen) atoms. The Bertz CT molecular complexity index is 1260. The first-order valence-electron chi connectivity index (χ1n) is 11.8. The number of carbonyl (C=O) groups is 2. The van der Waals surface area contributed by atoms with E-state index in [4.69, 9.17) is 4.74 Å². The smallest absolute Gasteiger partial charge is 0.225 e. The first kappa shape index (κ1) is 24.5. The van der Waals surface area contributed by atoms with Crippen molar-refractivity contribution < 1.29 is 14.3 Å². The molecule has 1 aliphatic rings. The number of carbonyl (C=O) groups excluding carboxylic acids is 2. The van der Waals surface area contributed by atoms with Gasteiger partial charge in [-0.1, -0.05) is 18.2 Å². The predicted molar refractivity (Wildman–Crippen MR) is 134 cm³/mol. The standard InChI is InChI=1S/C26H29N5O3S/c1-3-34-22-7-5-4-6-19(22)8-9-24(32)29-26-21(14-27)20-10-13-31(16-23(20)35-26)25(33)11-12-30-15-18(2)28-17-30/h4-7,15,17H,3,8-13,16H2,1-2H3,(H,29,32). The van der Waals surface area contributed by atoms with Crippen LogP contribution in [0.3, 0.4) is 0 Å². The summed E-state index contributed by atoms with van der Waals surface area (Å²) >= 11 is 1.40. The van der Waals surface area contributed by atoms with Crippen molar-refractivity contribution in [2.45, 2.75) is 52.6 Å². The summed E-state index contributed by atoms with van der Waals surface area (Å²) in [4.78, 5) is 32.5. The number of fused-ring (bicyclic) bond motifs is 1. The Balaban J connectivity index is 1.37. The Labute approximate surface area is 209 Å². The molecule has 9 heteroatoms. The first-order valence-corrected chi connectivity index (χ1v) is 12.6. The van der Waals surface area contributed by atoms with E-state index in [1.807, 2.05) is 53.8 Å². The van der Waals surface area contributed by atoms with Crippen molar-refractivity contribution in [3.8, 4) is 11.8 Å². The molecule has 4 rings (SSSR count). The Kier molecular flexibility index (Phi) is 7.83. The van der Waals surface area contributed by atoms with Crippen molar-refractivity contribution >= 4 is 28.2 Å². The van der Waals surface area contributed by atoms with Gasteiger partial charge in [0, 0.05) is 37.0 Å². The second-order valence-electron chi connectivity index (χ2n) is 8.48. The third-order valence-corrected chi connectivity index (χ3v) is 7.15. The highest BCUT2D eigenvalue weighted by molar-refractivity contribution is 7.16. The molecule has 8 nitrogen and oxygen atoms in total. The summed E-state index contributed by atoms with van der Waals surface area (Å²) < 4.78 is 7.56. The molecule has 3 aromatic rings. The number of benzene rings is 1. The summed E-state index contributed by atoms with van der Waals surface area (Å²) in [7, 11) is 0. The summed E-state index contributed by atoms with van der Waals surface area (Å²) in [5.74, 6) is 0.724. The predicted octanol–water partition coefficient (Wildman–Crippen LogP) is 4.07. The van der Waals surface area contributed by atoms with Crippen molar-refractivity contribution in [3.63, 3.8) is 0 Å². The summed E-state index contributed by atoms with van der Waals surface area (Å²) in [6.07, 6.45) is 5.50. The highest BCUT2D eigenvalue weighted by Gasteiger charge is 2.27. The number of hydrogen-bond acceptors (Lipinski definition) is 6. The molecule has 0 saturated heterocycles. The van der Waals surface area contributed by atoms with E-state index in [2.05, 4.69) is 16.4 Å². The maximum Gasteiger partial charge on any atom is 0.225 e. The number of aromatic nitrogens is 2. The minimum Gasteiger partial charge on any atom is -0.494 e. The SMILES string of the molecule is CCOc1ccccc1CCC(=O)Nc1sc2c(c1C#N)CCN(C(=O)CCn1cnc(C)c1)C2. The van der Waals surface area contributed by atoms with Gasteiger partial charge in [0.25, 0.3) is 0 Å². The van der Waals surface area contributed by atoms with Crippen molar-refractivity contribution in [2.75, 3.05) is 18.5 Å². The molecule has 1 aliphatic heterocycles. The number of nitriles is 1. The zero-order valence-electron chi connectivity index (χ0n) is 20.0. The largest absolute Gasteiger partial charge is 0.494 e. The number of anilines is 1.